The molecule has 0 unspecified atom stereocenters. The highest BCUT2D eigenvalue weighted by molar-refractivity contribution is 5.72. The molecule has 28 heavy (non-hydrogen) atoms. The van der Waals surface area contributed by atoms with E-state index in [1.54, 1.807) is 0 Å². The lowest BCUT2D eigenvalue weighted by molar-refractivity contribution is -0.158. The molecule has 0 aromatic rings. The number of ether oxygens (including phenoxy) is 1. The molecule has 0 aromatic heterocycles. The average molecular weight is 389 g/mol. The third-order valence-corrected chi connectivity index (χ3v) is 9.15. The van der Waals surface area contributed by atoms with E-state index in [1.807, 2.05) is 0 Å². The summed E-state index contributed by atoms with van der Waals surface area (Å²) < 4.78 is 6.03. The van der Waals surface area contributed by atoms with Gasteiger partial charge in [-0.05, 0) is 93.8 Å². The van der Waals surface area contributed by atoms with E-state index in [4.69, 9.17) is 4.74 Å². The van der Waals surface area contributed by atoms with Crippen LogP contribution in [0, 0.1) is 35.5 Å². The van der Waals surface area contributed by atoms with Crippen LogP contribution in [0.4, 0.5) is 0 Å². The molecule has 4 aliphatic rings. The summed E-state index contributed by atoms with van der Waals surface area (Å²) in [6.07, 6.45) is 22.8. The van der Waals surface area contributed by atoms with E-state index in [9.17, 15) is 4.79 Å². The molecule has 0 aromatic carbocycles. The van der Waals surface area contributed by atoms with Crippen molar-refractivity contribution in [1.29, 1.82) is 0 Å². The lowest BCUT2D eigenvalue weighted by Gasteiger charge is -2.38. The second kappa shape index (κ2) is 9.98. The predicted molar refractivity (Wildman–Crippen MR) is 115 cm³/mol. The van der Waals surface area contributed by atoms with Crippen molar-refractivity contribution < 1.29 is 9.53 Å². The molecule has 160 valence electrons. The Balaban J connectivity index is 1.15. The maximum atomic E-state index is 12.7. The van der Waals surface area contributed by atoms with E-state index < -0.39 is 0 Å². The Morgan fingerprint density at radius 1 is 0.571 bits per heavy atom. The lowest BCUT2D eigenvalue weighted by Crippen LogP contribution is -2.33. The van der Waals surface area contributed by atoms with Crippen LogP contribution in [0.25, 0.3) is 0 Å². The van der Waals surface area contributed by atoms with Crippen LogP contribution in [0.15, 0.2) is 0 Å². The second-order valence-corrected chi connectivity index (χ2v) is 11.0. The molecule has 0 atom stereocenters. The van der Waals surface area contributed by atoms with E-state index in [2.05, 4.69) is 6.92 Å². The minimum absolute atomic E-state index is 0.150. The Labute approximate surface area is 173 Å². The van der Waals surface area contributed by atoms with Crippen LogP contribution in [0.3, 0.4) is 0 Å². The fourth-order valence-electron chi connectivity index (χ4n) is 7.13. The van der Waals surface area contributed by atoms with Gasteiger partial charge in [-0.1, -0.05) is 51.9 Å². The van der Waals surface area contributed by atoms with E-state index in [0.717, 1.165) is 55.3 Å². The standard InChI is InChI=1S/C26H44O2/c1-19-7-9-21(10-8-19)23-15-17-25(18-16-23)28-26(27)24-13-11-22(12-14-24)20-5-3-2-4-6-20/h19-25H,2-18H2,1H3. The zero-order valence-corrected chi connectivity index (χ0v) is 18.4. The van der Waals surface area contributed by atoms with E-state index >= 15 is 0 Å². The molecule has 0 saturated heterocycles. The van der Waals surface area contributed by atoms with Crippen molar-refractivity contribution in [3.8, 4) is 0 Å². The molecule has 0 spiro atoms. The Morgan fingerprint density at radius 2 is 1.04 bits per heavy atom. The summed E-state index contributed by atoms with van der Waals surface area (Å²) >= 11 is 0. The highest BCUT2D eigenvalue weighted by Gasteiger charge is 2.35. The highest BCUT2D eigenvalue weighted by atomic mass is 16.5. The van der Waals surface area contributed by atoms with Gasteiger partial charge in [-0.15, -0.1) is 0 Å². The number of hydrogen-bond donors (Lipinski definition) is 0. The van der Waals surface area contributed by atoms with Crippen LogP contribution in [-0.2, 0) is 9.53 Å². The van der Waals surface area contributed by atoms with Gasteiger partial charge in [0.05, 0.1) is 5.92 Å². The van der Waals surface area contributed by atoms with Gasteiger partial charge in [0.25, 0.3) is 0 Å². The maximum absolute atomic E-state index is 12.7. The van der Waals surface area contributed by atoms with Crippen molar-refractivity contribution in [3.05, 3.63) is 0 Å². The summed E-state index contributed by atoms with van der Waals surface area (Å²) in [7, 11) is 0. The number of esters is 1. The van der Waals surface area contributed by atoms with Crippen LogP contribution in [-0.4, -0.2) is 12.1 Å². The van der Waals surface area contributed by atoms with Crippen LogP contribution in [0.1, 0.15) is 116 Å². The first kappa shape index (κ1) is 20.7. The molecule has 4 rings (SSSR count). The van der Waals surface area contributed by atoms with E-state index in [-0.39, 0.29) is 18.0 Å². The normalized spacial score (nSPS) is 40.8. The molecule has 0 N–H and O–H groups in total. The quantitative estimate of drug-likeness (QED) is 0.472. The summed E-state index contributed by atoms with van der Waals surface area (Å²) in [5.74, 6) is 5.04. The van der Waals surface area contributed by atoms with Gasteiger partial charge in [0.15, 0.2) is 0 Å². The average Bonchev–Trinajstić information content (AvgIpc) is 2.76. The van der Waals surface area contributed by atoms with E-state index in [0.29, 0.717) is 0 Å². The third kappa shape index (κ3) is 5.33. The predicted octanol–water partition coefficient (Wildman–Crippen LogP) is 7.30. The SMILES string of the molecule is CC1CCC(C2CCC(OC(=O)C3CCC(C4CCCCC4)CC3)CC2)CC1. The minimum Gasteiger partial charge on any atom is -0.462 e. The molecule has 4 aliphatic carbocycles. The first-order chi connectivity index (χ1) is 13.7. The second-order valence-electron chi connectivity index (χ2n) is 11.0. The Bertz CT molecular complexity index is 471. The Kier molecular flexibility index (Phi) is 7.39. The number of carbonyl (C=O) groups is 1. The first-order valence-corrected chi connectivity index (χ1v) is 12.9. The molecular formula is C26H44O2. The molecule has 2 nitrogen and oxygen atoms in total. The molecular weight excluding hydrogens is 344 g/mol. The van der Waals surface area contributed by atoms with Crippen molar-refractivity contribution in [2.45, 2.75) is 122 Å². The molecule has 2 heteroatoms. The topological polar surface area (TPSA) is 26.3 Å². The van der Waals surface area contributed by atoms with Gasteiger partial charge in [0.1, 0.15) is 6.10 Å². The van der Waals surface area contributed by atoms with Gasteiger partial charge in [-0.3, -0.25) is 4.79 Å². The Hall–Kier alpha value is -0.530. The summed E-state index contributed by atoms with van der Waals surface area (Å²) in [6, 6.07) is 0. The van der Waals surface area contributed by atoms with Crippen LogP contribution in [0.2, 0.25) is 0 Å². The van der Waals surface area contributed by atoms with Gasteiger partial charge >= 0.3 is 5.97 Å². The summed E-state index contributed by atoms with van der Waals surface area (Å²) in [5.41, 5.74) is 0. The highest BCUT2D eigenvalue weighted by Crippen LogP contribution is 2.42. The zero-order chi connectivity index (χ0) is 19.3. The van der Waals surface area contributed by atoms with Crippen LogP contribution < -0.4 is 0 Å². The minimum atomic E-state index is 0.150. The number of rotatable bonds is 4. The molecule has 4 fully saturated rings. The lowest BCUT2D eigenvalue weighted by atomic mass is 9.70. The molecule has 0 aliphatic heterocycles. The van der Waals surface area contributed by atoms with Crippen molar-refractivity contribution in [2.75, 3.05) is 0 Å². The van der Waals surface area contributed by atoms with Crippen LogP contribution >= 0.6 is 0 Å². The Morgan fingerprint density at radius 3 is 1.61 bits per heavy atom. The number of carbonyl (C=O) groups excluding carboxylic acids is 1. The smallest absolute Gasteiger partial charge is 0.309 e. The molecule has 0 amide bonds. The first-order valence-electron chi connectivity index (χ1n) is 12.9. The number of hydrogen-bond acceptors (Lipinski definition) is 2. The van der Waals surface area contributed by atoms with Crippen LogP contribution in [0.5, 0.6) is 0 Å². The molecule has 4 saturated carbocycles. The van der Waals surface area contributed by atoms with Gasteiger partial charge in [0, 0.05) is 0 Å². The van der Waals surface area contributed by atoms with Gasteiger partial charge in [0.2, 0.25) is 0 Å². The zero-order valence-electron chi connectivity index (χ0n) is 18.4. The van der Waals surface area contributed by atoms with E-state index in [1.165, 1.54) is 83.5 Å². The fourth-order valence-corrected chi connectivity index (χ4v) is 7.13. The molecule has 0 bridgehead atoms. The monoisotopic (exact) mass is 388 g/mol. The third-order valence-electron chi connectivity index (χ3n) is 9.15. The summed E-state index contributed by atoms with van der Waals surface area (Å²) in [6.45, 7) is 2.41. The van der Waals surface area contributed by atoms with Gasteiger partial charge in [-0.2, -0.15) is 0 Å². The van der Waals surface area contributed by atoms with Crippen molar-refractivity contribution >= 4 is 5.97 Å². The summed E-state index contributed by atoms with van der Waals surface area (Å²) in [4.78, 5) is 12.7. The largest absolute Gasteiger partial charge is 0.462 e. The molecule has 0 radical (unpaired) electrons. The maximum Gasteiger partial charge on any atom is 0.309 e. The van der Waals surface area contributed by atoms with Crippen molar-refractivity contribution in [2.24, 2.45) is 35.5 Å². The van der Waals surface area contributed by atoms with Crippen molar-refractivity contribution in [3.63, 3.8) is 0 Å². The van der Waals surface area contributed by atoms with Crippen molar-refractivity contribution in [1.82, 2.24) is 0 Å². The molecule has 0 heterocycles. The fraction of sp³-hybridized carbons (Fsp3) is 0.962. The van der Waals surface area contributed by atoms with Gasteiger partial charge < -0.3 is 4.74 Å². The van der Waals surface area contributed by atoms with Gasteiger partial charge in [-0.25, -0.2) is 0 Å². The summed E-state index contributed by atoms with van der Waals surface area (Å²) in [5, 5.41) is 0.